The Bertz CT molecular complexity index is 779. The zero-order valence-electron chi connectivity index (χ0n) is 21.5. The number of rotatable bonds is 8. The maximum Gasteiger partial charge on any atom is 0.200 e. The van der Waals surface area contributed by atoms with Crippen LogP contribution >= 0.6 is 0 Å². The van der Waals surface area contributed by atoms with Gasteiger partial charge in [0.05, 0.1) is 6.61 Å². The van der Waals surface area contributed by atoms with Crippen molar-refractivity contribution in [1.82, 2.24) is 0 Å². The highest BCUT2D eigenvalue weighted by atomic mass is 19.2. The highest BCUT2D eigenvalue weighted by Crippen LogP contribution is 2.47. The standard InChI is InChI=1S/C31H46F2O/c1-3-5-6-7-22-8-10-23(11-9-22)24-12-14-25(15-13-24)26-16-18-27(19-17-26)28-20-21-29(34-4-2)31(33)30(28)32/h6-7,20-27H,3-5,8-19H2,1-2H3/b7-6+. The van der Waals surface area contributed by atoms with Gasteiger partial charge in [0.15, 0.2) is 11.6 Å². The third kappa shape index (κ3) is 6.24. The molecule has 0 bridgehead atoms. The molecular weight excluding hydrogens is 426 g/mol. The van der Waals surface area contributed by atoms with Gasteiger partial charge in [0.1, 0.15) is 0 Å². The Morgan fingerprint density at radius 3 is 1.79 bits per heavy atom. The van der Waals surface area contributed by atoms with Gasteiger partial charge in [-0.15, -0.1) is 0 Å². The Kier molecular flexibility index (Phi) is 9.48. The molecule has 0 aromatic heterocycles. The van der Waals surface area contributed by atoms with Gasteiger partial charge in [0, 0.05) is 0 Å². The zero-order valence-corrected chi connectivity index (χ0v) is 21.5. The van der Waals surface area contributed by atoms with Crippen LogP contribution in [0.3, 0.4) is 0 Å². The summed E-state index contributed by atoms with van der Waals surface area (Å²) in [6, 6.07) is 3.37. The minimum Gasteiger partial charge on any atom is -0.491 e. The zero-order chi connectivity index (χ0) is 23.9. The van der Waals surface area contributed by atoms with Gasteiger partial charge in [-0.2, -0.15) is 4.39 Å². The summed E-state index contributed by atoms with van der Waals surface area (Å²) in [6.45, 7) is 4.39. The van der Waals surface area contributed by atoms with Crippen molar-refractivity contribution in [2.45, 2.75) is 110 Å². The first kappa shape index (κ1) is 25.7. The van der Waals surface area contributed by atoms with E-state index in [4.69, 9.17) is 4.74 Å². The second-order valence-electron chi connectivity index (χ2n) is 11.4. The van der Waals surface area contributed by atoms with Crippen molar-refractivity contribution in [2.24, 2.45) is 29.6 Å². The molecule has 1 aromatic carbocycles. The van der Waals surface area contributed by atoms with Crippen molar-refractivity contribution < 1.29 is 13.5 Å². The number of unbranched alkanes of at least 4 members (excludes halogenated alkanes) is 1. The summed E-state index contributed by atoms with van der Waals surface area (Å²) < 4.78 is 34.2. The first-order valence-electron chi connectivity index (χ1n) is 14.4. The number of benzene rings is 1. The Hall–Kier alpha value is -1.38. The third-order valence-corrected chi connectivity index (χ3v) is 9.42. The van der Waals surface area contributed by atoms with Crippen molar-refractivity contribution in [3.8, 4) is 5.75 Å². The largest absolute Gasteiger partial charge is 0.491 e. The molecule has 0 atom stereocenters. The molecule has 0 N–H and O–H groups in total. The smallest absolute Gasteiger partial charge is 0.200 e. The van der Waals surface area contributed by atoms with Crippen LogP contribution in [0.15, 0.2) is 24.3 Å². The van der Waals surface area contributed by atoms with E-state index < -0.39 is 11.6 Å². The van der Waals surface area contributed by atoms with Crippen LogP contribution in [0.4, 0.5) is 8.78 Å². The van der Waals surface area contributed by atoms with Crippen LogP contribution in [0.2, 0.25) is 0 Å². The minimum absolute atomic E-state index is 0.0376. The van der Waals surface area contributed by atoms with E-state index in [1.807, 2.05) is 0 Å². The maximum absolute atomic E-state index is 14.7. The Balaban J connectivity index is 1.21. The van der Waals surface area contributed by atoms with Crippen LogP contribution in [0.5, 0.6) is 5.75 Å². The topological polar surface area (TPSA) is 9.23 Å². The summed E-state index contributed by atoms with van der Waals surface area (Å²) in [4.78, 5) is 0. The summed E-state index contributed by atoms with van der Waals surface area (Å²) in [5, 5.41) is 0. The van der Waals surface area contributed by atoms with Crippen LogP contribution in [0.25, 0.3) is 0 Å². The summed E-state index contributed by atoms with van der Waals surface area (Å²) in [5.41, 5.74) is 0.559. The molecule has 0 aliphatic heterocycles. The lowest BCUT2D eigenvalue weighted by Crippen LogP contribution is -2.29. The van der Waals surface area contributed by atoms with Crippen LogP contribution in [-0.4, -0.2) is 6.61 Å². The van der Waals surface area contributed by atoms with Crippen LogP contribution in [-0.2, 0) is 0 Å². The molecule has 0 spiro atoms. The van der Waals surface area contributed by atoms with E-state index in [1.54, 1.807) is 19.1 Å². The summed E-state index contributed by atoms with van der Waals surface area (Å²) in [7, 11) is 0. The van der Waals surface area contributed by atoms with E-state index >= 15 is 0 Å². The fraction of sp³-hybridized carbons (Fsp3) is 0.742. The molecule has 0 amide bonds. The molecule has 3 aliphatic rings. The lowest BCUT2D eigenvalue weighted by Gasteiger charge is -2.41. The molecule has 3 heteroatoms. The first-order valence-corrected chi connectivity index (χ1v) is 14.4. The molecule has 1 aromatic rings. The van der Waals surface area contributed by atoms with Gasteiger partial charge >= 0.3 is 0 Å². The second-order valence-corrected chi connectivity index (χ2v) is 11.4. The molecule has 0 heterocycles. The SMILES string of the molecule is CCC/C=C/C1CCC(C2CCC(C3CCC(c4ccc(OCC)c(F)c4F)CC3)CC2)CC1. The molecular formula is C31H46F2O. The van der Waals surface area contributed by atoms with E-state index in [1.165, 1.54) is 77.0 Å². The predicted molar refractivity (Wildman–Crippen MR) is 137 cm³/mol. The molecule has 34 heavy (non-hydrogen) atoms. The molecule has 3 aliphatic carbocycles. The number of hydrogen-bond donors (Lipinski definition) is 0. The second kappa shape index (κ2) is 12.5. The Morgan fingerprint density at radius 1 is 0.735 bits per heavy atom. The van der Waals surface area contributed by atoms with Crippen molar-refractivity contribution in [3.63, 3.8) is 0 Å². The number of allylic oxidation sites excluding steroid dienone is 2. The molecule has 1 nitrogen and oxygen atoms in total. The van der Waals surface area contributed by atoms with Crippen molar-refractivity contribution >= 4 is 0 Å². The molecule has 3 saturated carbocycles. The van der Waals surface area contributed by atoms with Gasteiger partial charge < -0.3 is 4.74 Å². The maximum atomic E-state index is 14.7. The number of halogens is 2. The molecule has 0 saturated heterocycles. The molecule has 3 fully saturated rings. The predicted octanol–water partition coefficient (Wildman–Crippen LogP) is 9.61. The first-order chi connectivity index (χ1) is 16.6. The van der Waals surface area contributed by atoms with Gasteiger partial charge in [-0.1, -0.05) is 31.6 Å². The van der Waals surface area contributed by atoms with Crippen LogP contribution in [0, 0.1) is 41.2 Å². The van der Waals surface area contributed by atoms with Gasteiger partial charge in [-0.25, -0.2) is 4.39 Å². The third-order valence-electron chi connectivity index (χ3n) is 9.42. The quantitative estimate of drug-likeness (QED) is 0.342. The summed E-state index contributed by atoms with van der Waals surface area (Å²) in [6.07, 6.45) is 23.0. The van der Waals surface area contributed by atoms with Gasteiger partial charge in [0.2, 0.25) is 5.82 Å². The van der Waals surface area contributed by atoms with E-state index in [9.17, 15) is 8.78 Å². The number of hydrogen-bond acceptors (Lipinski definition) is 1. The molecule has 190 valence electrons. The summed E-state index contributed by atoms with van der Waals surface area (Å²) in [5.74, 6) is 3.08. The average molecular weight is 473 g/mol. The normalized spacial score (nSPS) is 32.7. The van der Waals surface area contributed by atoms with Gasteiger partial charge in [-0.3, -0.25) is 0 Å². The van der Waals surface area contributed by atoms with Gasteiger partial charge in [-0.05, 0) is 138 Å². The Morgan fingerprint density at radius 2 is 1.26 bits per heavy atom. The monoisotopic (exact) mass is 472 g/mol. The van der Waals surface area contributed by atoms with E-state index in [0.717, 1.165) is 42.4 Å². The molecule has 0 unspecified atom stereocenters. The fourth-order valence-corrected chi connectivity index (χ4v) is 7.38. The fourth-order valence-electron chi connectivity index (χ4n) is 7.38. The van der Waals surface area contributed by atoms with Crippen LogP contribution < -0.4 is 4.74 Å². The van der Waals surface area contributed by atoms with Gasteiger partial charge in [0.25, 0.3) is 0 Å². The highest BCUT2D eigenvalue weighted by molar-refractivity contribution is 5.33. The van der Waals surface area contributed by atoms with E-state index in [-0.39, 0.29) is 11.7 Å². The number of ether oxygens (including phenoxy) is 1. The van der Waals surface area contributed by atoms with Crippen LogP contribution in [0.1, 0.15) is 115 Å². The molecule has 0 radical (unpaired) electrons. The minimum atomic E-state index is -0.814. The lowest BCUT2D eigenvalue weighted by molar-refractivity contribution is 0.114. The summed E-state index contributed by atoms with van der Waals surface area (Å²) >= 11 is 0. The van der Waals surface area contributed by atoms with E-state index in [2.05, 4.69) is 19.1 Å². The van der Waals surface area contributed by atoms with E-state index in [0.29, 0.717) is 12.2 Å². The van der Waals surface area contributed by atoms with Crippen molar-refractivity contribution in [1.29, 1.82) is 0 Å². The molecule has 4 rings (SSSR count). The van der Waals surface area contributed by atoms with Crippen molar-refractivity contribution in [2.75, 3.05) is 6.61 Å². The van der Waals surface area contributed by atoms with Crippen molar-refractivity contribution in [3.05, 3.63) is 41.5 Å². The lowest BCUT2D eigenvalue weighted by atomic mass is 9.64. The highest BCUT2D eigenvalue weighted by Gasteiger charge is 2.35. The average Bonchev–Trinajstić information content (AvgIpc) is 2.88. The Labute approximate surface area is 206 Å².